The second-order valence-corrected chi connectivity index (χ2v) is 3.61. The van der Waals surface area contributed by atoms with Gasteiger partial charge >= 0.3 is 5.97 Å². The van der Waals surface area contributed by atoms with Crippen molar-refractivity contribution in [3.63, 3.8) is 0 Å². The van der Waals surface area contributed by atoms with Crippen LogP contribution in [0.5, 0.6) is 0 Å². The lowest BCUT2D eigenvalue weighted by Crippen LogP contribution is -2.43. The first-order valence-electron chi connectivity index (χ1n) is 5.39. The number of carboxylic acid groups (broad SMARTS) is 1. The molecule has 1 amide bonds. The Kier molecular flexibility index (Phi) is 8.00. The van der Waals surface area contributed by atoms with Gasteiger partial charge in [-0.3, -0.25) is 4.79 Å². The third-order valence-corrected chi connectivity index (χ3v) is 2.17. The average molecular weight is 244 g/mol. The van der Waals surface area contributed by atoms with Crippen LogP contribution in [0.3, 0.4) is 0 Å². The minimum Gasteiger partial charge on any atom is -0.478 e. The maximum absolute atomic E-state index is 11.5. The number of hydrogen-bond donors (Lipinski definition) is 3. The van der Waals surface area contributed by atoms with Crippen LogP contribution in [0.25, 0.3) is 0 Å². The summed E-state index contributed by atoms with van der Waals surface area (Å²) in [5, 5.41) is 14.2. The molecule has 0 heterocycles. The van der Waals surface area contributed by atoms with Gasteiger partial charge in [-0.05, 0) is 13.8 Å². The van der Waals surface area contributed by atoms with E-state index in [9.17, 15) is 9.59 Å². The predicted molar refractivity (Wildman–Crippen MR) is 63.7 cm³/mol. The molecule has 98 valence electrons. The van der Waals surface area contributed by atoms with Crippen LogP contribution in [-0.4, -0.2) is 49.8 Å². The summed E-state index contributed by atoms with van der Waals surface area (Å²) in [6, 6.07) is -0.371. The zero-order chi connectivity index (χ0) is 13.3. The topological polar surface area (TPSA) is 87.7 Å². The summed E-state index contributed by atoms with van der Waals surface area (Å²) in [6.07, 6.45) is 1.53. The Labute approximate surface area is 101 Å². The Balaban J connectivity index is 3.85. The normalized spacial score (nSPS) is 13.2. The third kappa shape index (κ3) is 7.48. The molecule has 0 saturated heterocycles. The number of carbonyl (C=O) groups is 2. The van der Waals surface area contributed by atoms with E-state index >= 15 is 0 Å². The van der Waals surface area contributed by atoms with Crippen LogP contribution in [0.4, 0.5) is 0 Å². The molecule has 0 bridgehead atoms. The van der Waals surface area contributed by atoms with E-state index in [1.54, 1.807) is 14.0 Å². The van der Waals surface area contributed by atoms with Crippen LogP contribution in [0.15, 0.2) is 11.6 Å². The largest absolute Gasteiger partial charge is 0.478 e. The average Bonchev–Trinajstić information content (AvgIpc) is 2.28. The Bertz CT molecular complexity index is 289. The smallest absolute Gasteiger partial charge is 0.330 e. The van der Waals surface area contributed by atoms with Crippen LogP contribution < -0.4 is 10.6 Å². The summed E-state index contributed by atoms with van der Waals surface area (Å²) in [5.41, 5.74) is 0.254. The molecule has 3 N–H and O–H groups in total. The molecule has 0 saturated carbocycles. The van der Waals surface area contributed by atoms with E-state index in [4.69, 9.17) is 9.84 Å². The maximum atomic E-state index is 11.5. The second kappa shape index (κ2) is 8.72. The summed E-state index contributed by atoms with van der Waals surface area (Å²) >= 11 is 0. The van der Waals surface area contributed by atoms with Crippen molar-refractivity contribution in [3.8, 4) is 0 Å². The predicted octanol–water partition coefficient (Wildman–Crippen LogP) is -0.242. The van der Waals surface area contributed by atoms with Gasteiger partial charge in [-0.15, -0.1) is 0 Å². The lowest BCUT2D eigenvalue weighted by molar-refractivity contribution is -0.132. The summed E-state index contributed by atoms with van der Waals surface area (Å²) in [7, 11) is 1.56. The molecule has 1 atom stereocenters. The fraction of sp³-hybridized carbons (Fsp3) is 0.636. The molecule has 1 unspecified atom stereocenters. The first-order valence-corrected chi connectivity index (χ1v) is 5.39. The zero-order valence-electron chi connectivity index (χ0n) is 10.4. The fourth-order valence-corrected chi connectivity index (χ4v) is 0.998. The molecule has 0 aromatic carbocycles. The van der Waals surface area contributed by atoms with Gasteiger partial charge in [0, 0.05) is 25.8 Å². The highest BCUT2D eigenvalue weighted by molar-refractivity contribution is 5.85. The third-order valence-electron chi connectivity index (χ3n) is 2.17. The van der Waals surface area contributed by atoms with Gasteiger partial charge in [-0.1, -0.05) is 6.08 Å². The van der Waals surface area contributed by atoms with Crippen LogP contribution in [-0.2, 0) is 14.3 Å². The molecule has 0 rings (SSSR count). The molecular formula is C11H20N2O4. The van der Waals surface area contributed by atoms with Crippen molar-refractivity contribution in [1.82, 2.24) is 10.6 Å². The number of amides is 1. The molecule has 0 aliphatic carbocycles. The van der Waals surface area contributed by atoms with Crippen LogP contribution >= 0.6 is 0 Å². The molecular weight excluding hydrogens is 224 g/mol. The van der Waals surface area contributed by atoms with E-state index in [2.05, 4.69) is 10.6 Å². The number of ether oxygens (including phenoxy) is 1. The minimum absolute atomic E-state index is 0.136. The molecule has 0 aromatic rings. The Morgan fingerprint density at radius 1 is 1.47 bits per heavy atom. The Morgan fingerprint density at radius 2 is 2.12 bits per heavy atom. The highest BCUT2D eigenvalue weighted by Gasteiger charge is 2.10. The van der Waals surface area contributed by atoms with Crippen LogP contribution in [0.2, 0.25) is 0 Å². The van der Waals surface area contributed by atoms with Gasteiger partial charge in [0.15, 0.2) is 0 Å². The number of carboxylic acids is 1. The van der Waals surface area contributed by atoms with E-state index in [1.165, 1.54) is 13.0 Å². The molecule has 0 spiro atoms. The quantitative estimate of drug-likeness (QED) is 0.405. The lowest BCUT2D eigenvalue weighted by Gasteiger charge is -2.12. The highest BCUT2D eigenvalue weighted by Crippen LogP contribution is 1.90. The van der Waals surface area contributed by atoms with E-state index in [0.29, 0.717) is 19.7 Å². The monoisotopic (exact) mass is 244 g/mol. The fourth-order valence-electron chi connectivity index (χ4n) is 0.998. The SMILES string of the molecule is COCCNC(=O)C(C)NC/C=C(/C)C(=O)O. The van der Waals surface area contributed by atoms with Gasteiger partial charge in [0.1, 0.15) is 0 Å². The molecule has 0 aliphatic rings. The first kappa shape index (κ1) is 15.6. The molecule has 0 aromatic heterocycles. The standard InChI is InChI=1S/C11H20N2O4/c1-8(11(15)16)4-5-12-9(2)10(14)13-6-7-17-3/h4,9,12H,5-7H2,1-3H3,(H,13,14)(H,15,16)/b8-4-. The van der Waals surface area contributed by atoms with E-state index in [0.717, 1.165) is 0 Å². The van der Waals surface area contributed by atoms with E-state index in [1.807, 2.05) is 0 Å². The van der Waals surface area contributed by atoms with Crippen molar-refractivity contribution >= 4 is 11.9 Å². The second-order valence-electron chi connectivity index (χ2n) is 3.61. The Morgan fingerprint density at radius 3 is 2.65 bits per heavy atom. The molecule has 6 nitrogen and oxygen atoms in total. The number of carbonyl (C=O) groups excluding carboxylic acids is 1. The summed E-state index contributed by atoms with van der Waals surface area (Å²) in [4.78, 5) is 22.0. The van der Waals surface area contributed by atoms with Crippen molar-refractivity contribution in [3.05, 3.63) is 11.6 Å². The number of nitrogens with one attached hydrogen (secondary N) is 2. The van der Waals surface area contributed by atoms with Gasteiger partial charge in [-0.2, -0.15) is 0 Å². The van der Waals surface area contributed by atoms with Crippen molar-refractivity contribution in [2.75, 3.05) is 26.8 Å². The summed E-state index contributed by atoms with van der Waals surface area (Å²) in [5.74, 6) is -1.09. The van der Waals surface area contributed by atoms with Crippen molar-refractivity contribution in [1.29, 1.82) is 0 Å². The van der Waals surface area contributed by atoms with Crippen molar-refractivity contribution < 1.29 is 19.4 Å². The summed E-state index contributed by atoms with van der Waals surface area (Å²) < 4.78 is 4.80. The van der Waals surface area contributed by atoms with E-state index in [-0.39, 0.29) is 17.5 Å². The van der Waals surface area contributed by atoms with Crippen LogP contribution in [0.1, 0.15) is 13.8 Å². The lowest BCUT2D eigenvalue weighted by atomic mass is 10.2. The van der Waals surface area contributed by atoms with Crippen molar-refractivity contribution in [2.45, 2.75) is 19.9 Å². The van der Waals surface area contributed by atoms with E-state index < -0.39 is 5.97 Å². The molecule has 0 fully saturated rings. The van der Waals surface area contributed by atoms with Gasteiger partial charge in [0.2, 0.25) is 5.91 Å². The number of hydrogen-bond acceptors (Lipinski definition) is 4. The number of methoxy groups -OCH3 is 1. The molecule has 0 radical (unpaired) electrons. The van der Waals surface area contributed by atoms with Gasteiger partial charge < -0.3 is 20.5 Å². The highest BCUT2D eigenvalue weighted by atomic mass is 16.5. The number of rotatable bonds is 8. The molecule has 0 aliphatic heterocycles. The van der Waals surface area contributed by atoms with Crippen LogP contribution in [0, 0.1) is 0 Å². The summed E-state index contributed by atoms with van der Waals surface area (Å²) in [6.45, 7) is 4.50. The van der Waals surface area contributed by atoms with Gasteiger partial charge in [-0.25, -0.2) is 4.79 Å². The van der Waals surface area contributed by atoms with Crippen molar-refractivity contribution in [2.24, 2.45) is 0 Å². The number of aliphatic carboxylic acids is 1. The van der Waals surface area contributed by atoms with Gasteiger partial charge in [0.25, 0.3) is 0 Å². The first-order chi connectivity index (χ1) is 7.99. The van der Waals surface area contributed by atoms with Gasteiger partial charge in [0.05, 0.1) is 12.6 Å². The maximum Gasteiger partial charge on any atom is 0.330 e. The minimum atomic E-state index is -0.955. The molecule has 6 heteroatoms. The zero-order valence-corrected chi connectivity index (χ0v) is 10.4. The Hall–Kier alpha value is -1.40. The molecule has 17 heavy (non-hydrogen) atoms.